The quantitative estimate of drug-likeness (QED) is 0.210. The first-order valence-corrected chi connectivity index (χ1v) is 16.4. The minimum absolute atomic E-state index is 0.0743. The number of hydrogen-bond donors (Lipinski definition) is 2. The lowest BCUT2D eigenvalue weighted by atomic mass is 10.0. The third-order valence-corrected chi connectivity index (χ3v) is 8.02. The molecule has 4 aromatic rings. The Balaban J connectivity index is 1.14. The van der Waals surface area contributed by atoms with Gasteiger partial charge in [0.25, 0.3) is 0 Å². The lowest BCUT2D eigenvalue weighted by Gasteiger charge is -2.38. The Morgan fingerprint density at radius 1 is 0.932 bits per heavy atom. The Morgan fingerprint density at radius 3 is 2.18 bits per heavy atom. The van der Waals surface area contributed by atoms with Gasteiger partial charge in [-0.3, -0.25) is 14.6 Å². The topological polar surface area (TPSA) is 104 Å². The molecule has 0 atom stereocenters. The Bertz CT molecular complexity index is 1610. The van der Waals surface area contributed by atoms with Gasteiger partial charge in [0.05, 0.1) is 6.26 Å². The van der Waals surface area contributed by atoms with Crippen molar-refractivity contribution < 1.29 is 22.3 Å². The summed E-state index contributed by atoms with van der Waals surface area (Å²) in [5.74, 6) is 0.947. The summed E-state index contributed by atoms with van der Waals surface area (Å²) in [5.41, 5.74) is 3.12. The van der Waals surface area contributed by atoms with E-state index in [2.05, 4.69) is 19.9 Å². The summed E-state index contributed by atoms with van der Waals surface area (Å²) in [7, 11) is -3.33. The van der Waals surface area contributed by atoms with E-state index in [1.807, 2.05) is 47.4 Å². The number of benzene rings is 3. The maximum atomic E-state index is 13.4. The average Bonchev–Trinajstić information content (AvgIpc) is 3.01. The number of sulfonamides is 1. The van der Waals surface area contributed by atoms with E-state index in [0.29, 0.717) is 35.8 Å². The fourth-order valence-electron chi connectivity index (χ4n) is 5.21. The zero-order valence-corrected chi connectivity index (χ0v) is 25.3. The molecule has 0 aliphatic carbocycles. The summed E-state index contributed by atoms with van der Waals surface area (Å²) in [6.07, 6.45) is 5.19. The van der Waals surface area contributed by atoms with Crippen LogP contribution in [0.25, 0.3) is 0 Å². The van der Waals surface area contributed by atoms with E-state index in [4.69, 9.17) is 4.74 Å². The molecule has 0 radical (unpaired) electrons. The summed E-state index contributed by atoms with van der Waals surface area (Å²) >= 11 is 0. The number of hydrogen-bond acceptors (Lipinski definition) is 6. The fraction of sp³-hybridized carbons (Fsp3) is 0.273. The lowest BCUT2D eigenvalue weighted by molar-refractivity contribution is 0.124. The normalized spacial score (nSPS) is 14.1. The van der Waals surface area contributed by atoms with E-state index < -0.39 is 10.0 Å². The number of amides is 2. The standard InChI is InChI=1S/C33H36FN5O4S/c1-44(41,42)37-29-11-15-32(16-12-29)43-31-13-5-25(6-14-31)24-38-21-18-30(19-22-38)39(23-17-27-4-2-3-20-35-27)33(40)36-28-9-7-26(34)8-10-28/h2-16,20,30,37H,17-19,21-24H2,1H3,(H,36,40). The molecule has 230 valence electrons. The number of carbonyl (C=O) groups is 1. The Hall–Kier alpha value is -4.48. The summed E-state index contributed by atoms with van der Waals surface area (Å²) < 4.78 is 44.5. The van der Waals surface area contributed by atoms with Crippen molar-refractivity contribution in [1.29, 1.82) is 0 Å². The van der Waals surface area contributed by atoms with Gasteiger partial charge in [0.1, 0.15) is 17.3 Å². The SMILES string of the molecule is CS(=O)(=O)Nc1ccc(Oc2ccc(CN3CCC(N(CCc4ccccn4)C(=O)Nc4ccc(F)cc4)CC3)cc2)cc1. The van der Waals surface area contributed by atoms with Crippen LogP contribution in [-0.4, -0.2) is 61.2 Å². The summed E-state index contributed by atoms with van der Waals surface area (Å²) in [6.45, 7) is 3.02. The molecule has 11 heteroatoms. The van der Waals surface area contributed by atoms with Crippen LogP contribution < -0.4 is 14.8 Å². The second kappa shape index (κ2) is 14.3. The number of anilines is 2. The Labute approximate surface area is 257 Å². The number of urea groups is 1. The van der Waals surface area contributed by atoms with Crippen molar-refractivity contribution >= 4 is 27.4 Å². The first-order chi connectivity index (χ1) is 21.2. The first-order valence-electron chi connectivity index (χ1n) is 14.5. The second-order valence-corrected chi connectivity index (χ2v) is 12.6. The molecule has 9 nitrogen and oxygen atoms in total. The van der Waals surface area contributed by atoms with Crippen molar-refractivity contribution in [3.8, 4) is 11.5 Å². The van der Waals surface area contributed by atoms with Crippen LogP contribution in [0.4, 0.5) is 20.6 Å². The van der Waals surface area contributed by atoms with Gasteiger partial charge in [-0.05, 0) is 91.2 Å². The number of pyridine rings is 1. The third-order valence-electron chi connectivity index (χ3n) is 7.41. The number of aromatic nitrogens is 1. The highest BCUT2D eigenvalue weighted by Crippen LogP contribution is 2.25. The molecule has 2 amide bonds. The van der Waals surface area contributed by atoms with Crippen molar-refractivity contribution in [3.63, 3.8) is 0 Å². The zero-order chi connectivity index (χ0) is 30.9. The number of nitrogens with one attached hydrogen (secondary N) is 2. The smallest absolute Gasteiger partial charge is 0.322 e. The van der Waals surface area contributed by atoms with Crippen molar-refractivity contribution in [2.75, 3.05) is 35.9 Å². The minimum atomic E-state index is -3.33. The minimum Gasteiger partial charge on any atom is -0.457 e. The van der Waals surface area contributed by atoms with Gasteiger partial charge in [0, 0.05) is 61.9 Å². The van der Waals surface area contributed by atoms with Crippen LogP contribution in [0, 0.1) is 5.82 Å². The number of halogens is 1. The van der Waals surface area contributed by atoms with Gasteiger partial charge in [0.15, 0.2) is 0 Å². The van der Waals surface area contributed by atoms with E-state index in [1.54, 1.807) is 42.6 Å². The molecule has 5 rings (SSSR count). The molecular weight excluding hydrogens is 581 g/mol. The summed E-state index contributed by atoms with van der Waals surface area (Å²) in [4.78, 5) is 22.1. The maximum Gasteiger partial charge on any atom is 0.322 e. The van der Waals surface area contributed by atoms with Crippen molar-refractivity contribution in [2.45, 2.75) is 31.8 Å². The lowest BCUT2D eigenvalue weighted by Crippen LogP contribution is -2.49. The molecule has 2 N–H and O–H groups in total. The summed E-state index contributed by atoms with van der Waals surface area (Å²) in [6, 6.07) is 26.1. The number of piperidine rings is 1. The molecule has 0 unspecified atom stereocenters. The molecule has 1 fully saturated rings. The van der Waals surface area contributed by atoms with Crippen LogP contribution in [-0.2, 0) is 23.0 Å². The molecule has 2 heterocycles. The molecule has 1 aliphatic heterocycles. The van der Waals surface area contributed by atoms with Crippen LogP contribution in [0.3, 0.4) is 0 Å². The first kappa shape index (κ1) is 31.0. The van der Waals surface area contributed by atoms with E-state index in [0.717, 1.165) is 50.0 Å². The highest BCUT2D eigenvalue weighted by molar-refractivity contribution is 7.92. The molecule has 0 spiro atoms. The molecule has 1 aromatic heterocycles. The number of nitrogens with zero attached hydrogens (tertiary/aromatic N) is 3. The van der Waals surface area contributed by atoms with Crippen LogP contribution in [0.2, 0.25) is 0 Å². The van der Waals surface area contributed by atoms with E-state index in [9.17, 15) is 17.6 Å². The number of likely N-dealkylation sites (tertiary alicyclic amines) is 1. The Morgan fingerprint density at radius 2 is 1.57 bits per heavy atom. The van der Waals surface area contributed by atoms with Gasteiger partial charge in [0.2, 0.25) is 10.0 Å². The van der Waals surface area contributed by atoms with Gasteiger partial charge < -0.3 is 15.0 Å². The maximum absolute atomic E-state index is 13.4. The monoisotopic (exact) mass is 617 g/mol. The highest BCUT2D eigenvalue weighted by atomic mass is 32.2. The molecule has 3 aromatic carbocycles. The predicted octanol–water partition coefficient (Wildman–Crippen LogP) is 6.13. The molecule has 0 saturated carbocycles. The van der Waals surface area contributed by atoms with E-state index in [1.165, 1.54) is 12.1 Å². The van der Waals surface area contributed by atoms with E-state index >= 15 is 0 Å². The van der Waals surface area contributed by atoms with Gasteiger partial charge in [-0.2, -0.15) is 0 Å². The van der Waals surface area contributed by atoms with Crippen LogP contribution in [0.5, 0.6) is 11.5 Å². The van der Waals surface area contributed by atoms with Gasteiger partial charge in [-0.1, -0.05) is 18.2 Å². The van der Waals surface area contributed by atoms with Crippen molar-refractivity contribution in [1.82, 2.24) is 14.8 Å². The largest absolute Gasteiger partial charge is 0.457 e. The van der Waals surface area contributed by atoms with Crippen molar-refractivity contribution in [2.24, 2.45) is 0 Å². The van der Waals surface area contributed by atoms with Gasteiger partial charge >= 0.3 is 6.03 Å². The average molecular weight is 618 g/mol. The number of rotatable bonds is 11. The molecular formula is C33H36FN5O4S. The number of carbonyl (C=O) groups excluding carboxylic acids is 1. The second-order valence-electron chi connectivity index (χ2n) is 10.9. The molecule has 1 aliphatic rings. The molecule has 1 saturated heterocycles. The van der Waals surface area contributed by atoms with Crippen LogP contribution >= 0.6 is 0 Å². The van der Waals surface area contributed by atoms with Crippen LogP contribution in [0.15, 0.2) is 97.2 Å². The van der Waals surface area contributed by atoms with Gasteiger partial charge in [-0.25, -0.2) is 17.6 Å². The van der Waals surface area contributed by atoms with Crippen LogP contribution in [0.1, 0.15) is 24.1 Å². The number of ether oxygens (including phenoxy) is 1. The van der Waals surface area contributed by atoms with E-state index in [-0.39, 0.29) is 17.9 Å². The molecule has 44 heavy (non-hydrogen) atoms. The predicted molar refractivity (Wildman–Crippen MR) is 170 cm³/mol. The third kappa shape index (κ3) is 9.26. The molecule has 0 bridgehead atoms. The van der Waals surface area contributed by atoms with Gasteiger partial charge in [-0.15, -0.1) is 0 Å². The summed E-state index contributed by atoms with van der Waals surface area (Å²) in [5, 5.41) is 2.94. The zero-order valence-electron chi connectivity index (χ0n) is 24.5. The fourth-order valence-corrected chi connectivity index (χ4v) is 5.78. The Kier molecular flexibility index (Phi) is 10.1. The highest BCUT2D eigenvalue weighted by Gasteiger charge is 2.28. The van der Waals surface area contributed by atoms with Crippen molar-refractivity contribution in [3.05, 3.63) is 114 Å².